The highest BCUT2D eigenvalue weighted by atomic mass is 35.5. The van der Waals surface area contributed by atoms with Crippen LogP contribution in [0.25, 0.3) is 0 Å². The standard InChI is InChI=1S/C16H21Cl/c1-12-6-4-5-7-14(12)8-13-9-15(17)11-16(2,3)10-13/h4-7,9,15H,8,10-11H2,1-3H3. The molecule has 1 heteroatoms. The van der Waals surface area contributed by atoms with Gasteiger partial charge in [-0.1, -0.05) is 49.8 Å². The van der Waals surface area contributed by atoms with Crippen molar-refractivity contribution < 1.29 is 0 Å². The van der Waals surface area contributed by atoms with Gasteiger partial charge >= 0.3 is 0 Å². The van der Waals surface area contributed by atoms with E-state index >= 15 is 0 Å². The van der Waals surface area contributed by atoms with Crippen molar-refractivity contribution in [3.8, 4) is 0 Å². The van der Waals surface area contributed by atoms with E-state index in [1.54, 1.807) is 0 Å². The predicted octanol–water partition coefficient (Wildman–Crippen LogP) is 4.89. The Labute approximate surface area is 110 Å². The minimum absolute atomic E-state index is 0.206. The fourth-order valence-corrected chi connectivity index (χ4v) is 3.36. The topological polar surface area (TPSA) is 0 Å². The van der Waals surface area contributed by atoms with E-state index in [-0.39, 0.29) is 5.38 Å². The zero-order valence-electron chi connectivity index (χ0n) is 11.0. The molecule has 0 fully saturated rings. The van der Waals surface area contributed by atoms with Gasteiger partial charge in [0.2, 0.25) is 0 Å². The Balaban J connectivity index is 2.17. The average molecular weight is 249 g/mol. The number of benzene rings is 1. The zero-order chi connectivity index (χ0) is 12.5. The third-order valence-corrected chi connectivity index (χ3v) is 3.83. The normalized spacial score (nSPS) is 23.3. The quantitative estimate of drug-likeness (QED) is 0.516. The Morgan fingerprint density at radius 2 is 2.00 bits per heavy atom. The summed E-state index contributed by atoms with van der Waals surface area (Å²) in [7, 11) is 0. The zero-order valence-corrected chi connectivity index (χ0v) is 11.7. The van der Waals surface area contributed by atoms with Gasteiger partial charge in [0.1, 0.15) is 0 Å². The summed E-state index contributed by atoms with van der Waals surface area (Å²) in [6.45, 7) is 6.81. The summed E-state index contributed by atoms with van der Waals surface area (Å²) in [5.74, 6) is 0. The molecule has 0 bridgehead atoms. The molecule has 0 spiro atoms. The van der Waals surface area contributed by atoms with Crippen LogP contribution in [-0.4, -0.2) is 5.38 Å². The number of halogens is 1. The Hall–Kier alpha value is -0.750. The number of alkyl halides is 1. The van der Waals surface area contributed by atoms with Crippen LogP contribution in [0.15, 0.2) is 35.9 Å². The average Bonchev–Trinajstić information content (AvgIpc) is 2.18. The van der Waals surface area contributed by atoms with Crippen LogP contribution < -0.4 is 0 Å². The molecule has 0 N–H and O–H groups in total. The molecular formula is C16H21Cl. The summed E-state index contributed by atoms with van der Waals surface area (Å²) in [5, 5.41) is 0.206. The molecule has 0 nitrogen and oxygen atoms in total. The lowest BCUT2D eigenvalue weighted by Gasteiger charge is -2.32. The number of allylic oxidation sites excluding steroid dienone is 2. The van der Waals surface area contributed by atoms with Crippen LogP contribution >= 0.6 is 11.6 Å². The highest BCUT2D eigenvalue weighted by Gasteiger charge is 2.27. The van der Waals surface area contributed by atoms with E-state index in [0.717, 1.165) is 12.8 Å². The first-order valence-corrected chi connectivity index (χ1v) is 6.78. The molecule has 92 valence electrons. The molecule has 0 saturated carbocycles. The fraction of sp³-hybridized carbons (Fsp3) is 0.500. The molecule has 0 saturated heterocycles. The van der Waals surface area contributed by atoms with Gasteiger partial charge in [-0.05, 0) is 42.7 Å². The molecule has 1 unspecified atom stereocenters. The van der Waals surface area contributed by atoms with E-state index in [1.807, 2.05) is 0 Å². The molecule has 2 rings (SSSR count). The Kier molecular flexibility index (Phi) is 3.63. The Bertz CT molecular complexity index is 429. The first-order valence-electron chi connectivity index (χ1n) is 6.34. The summed E-state index contributed by atoms with van der Waals surface area (Å²) >= 11 is 6.33. The predicted molar refractivity (Wildman–Crippen MR) is 75.6 cm³/mol. The lowest BCUT2D eigenvalue weighted by atomic mass is 9.75. The second kappa shape index (κ2) is 4.86. The van der Waals surface area contributed by atoms with E-state index in [4.69, 9.17) is 11.6 Å². The smallest absolute Gasteiger partial charge is 0.0523 e. The fourth-order valence-electron chi connectivity index (χ4n) is 2.76. The number of rotatable bonds is 2. The van der Waals surface area contributed by atoms with Gasteiger partial charge in [-0.3, -0.25) is 0 Å². The maximum atomic E-state index is 6.33. The van der Waals surface area contributed by atoms with Crippen molar-refractivity contribution in [2.75, 3.05) is 0 Å². The first kappa shape index (κ1) is 12.7. The third-order valence-electron chi connectivity index (χ3n) is 3.55. The summed E-state index contributed by atoms with van der Waals surface area (Å²) in [5.41, 5.74) is 4.65. The van der Waals surface area contributed by atoms with Gasteiger partial charge in [-0.2, -0.15) is 0 Å². The van der Waals surface area contributed by atoms with Gasteiger partial charge in [-0.25, -0.2) is 0 Å². The van der Waals surface area contributed by atoms with Gasteiger partial charge in [0, 0.05) is 0 Å². The summed E-state index contributed by atoms with van der Waals surface area (Å²) < 4.78 is 0. The minimum Gasteiger partial charge on any atom is -0.118 e. The molecule has 1 atom stereocenters. The third kappa shape index (κ3) is 3.35. The molecule has 0 heterocycles. The van der Waals surface area contributed by atoms with Crippen molar-refractivity contribution in [2.24, 2.45) is 5.41 Å². The van der Waals surface area contributed by atoms with Gasteiger partial charge in [0.05, 0.1) is 5.38 Å². The van der Waals surface area contributed by atoms with Crippen LogP contribution in [-0.2, 0) is 6.42 Å². The van der Waals surface area contributed by atoms with Crippen molar-refractivity contribution >= 4 is 11.6 Å². The number of aryl methyl sites for hydroxylation is 1. The van der Waals surface area contributed by atoms with Crippen LogP contribution in [0.5, 0.6) is 0 Å². The summed E-state index contributed by atoms with van der Waals surface area (Å²) in [6, 6.07) is 8.63. The molecule has 1 aliphatic carbocycles. The molecule has 0 aromatic heterocycles. The van der Waals surface area contributed by atoms with E-state index in [2.05, 4.69) is 51.1 Å². The minimum atomic E-state index is 0.206. The van der Waals surface area contributed by atoms with Gasteiger partial charge < -0.3 is 0 Å². The van der Waals surface area contributed by atoms with Gasteiger partial charge in [0.25, 0.3) is 0 Å². The molecule has 0 aliphatic heterocycles. The molecule has 1 aromatic rings. The van der Waals surface area contributed by atoms with Crippen LogP contribution in [0, 0.1) is 12.3 Å². The number of hydrogen-bond acceptors (Lipinski definition) is 0. The summed E-state index contributed by atoms with van der Waals surface area (Å²) in [6.07, 6.45) is 5.58. The van der Waals surface area contributed by atoms with Crippen molar-refractivity contribution in [2.45, 2.75) is 45.4 Å². The van der Waals surface area contributed by atoms with Gasteiger partial charge in [0.15, 0.2) is 0 Å². The van der Waals surface area contributed by atoms with Gasteiger partial charge in [-0.15, -0.1) is 11.6 Å². The van der Waals surface area contributed by atoms with Crippen LogP contribution in [0.4, 0.5) is 0 Å². The number of hydrogen-bond donors (Lipinski definition) is 0. The van der Waals surface area contributed by atoms with E-state index in [0.29, 0.717) is 5.41 Å². The monoisotopic (exact) mass is 248 g/mol. The lowest BCUT2D eigenvalue weighted by Crippen LogP contribution is -2.22. The van der Waals surface area contributed by atoms with Crippen molar-refractivity contribution in [3.63, 3.8) is 0 Å². The Morgan fingerprint density at radius 3 is 2.65 bits per heavy atom. The molecule has 1 aliphatic rings. The molecular weight excluding hydrogens is 228 g/mol. The highest BCUT2D eigenvalue weighted by molar-refractivity contribution is 6.21. The van der Waals surface area contributed by atoms with Crippen molar-refractivity contribution in [1.82, 2.24) is 0 Å². The largest absolute Gasteiger partial charge is 0.118 e. The van der Waals surface area contributed by atoms with Crippen molar-refractivity contribution in [1.29, 1.82) is 0 Å². The second-order valence-corrected chi connectivity index (χ2v) is 6.55. The molecule has 17 heavy (non-hydrogen) atoms. The van der Waals surface area contributed by atoms with Crippen LogP contribution in [0.3, 0.4) is 0 Å². The van der Waals surface area contributed by atoms with Crippen LogP contribution in [0.2, 0.25) is 0 Å². The van der Waals surface area contributed by atoms with Crippen LogP contribution in [0.1, 0.15) is 37.8 Å². The van der Waals surface area contributed by atoms with E-state index in [9.17, 15) is 0 Å². The second-order valence-electron chi connectivity index (χ2n) is 5.99. The van der Waals surface area contributed by atoms with E-state index < -0.39 is 0 Å². The maximum Gasteiger partial charge on any atom is 0.0523 e. The highest BCUT2D eigenvalue weighted by Crippen LogP contribution is 2.38. The maximum absolute atomic E-state index is 6.33. The Morgan fingerprint density at radius 1 is 1.29 bits per heavy atom. The van der Waals surface area contributed by atoms with Crippen molar-refractivity contribution in [3.05, 3.63) is 47.0 Å². The summed E-state index contributed by atoms with van der Waals surface area (Å²) in [4.78, 5) is 0. The molecule has 0 radical (unpaired) electrons. The lowest BCUT2D eigenvalue weighted by molar-refractivity contribution is 0.320. The molecule has 1 aromatic carbocycles. The first-order chi connectivity index (χ1) is 7.96. The van der Waals surface area contributed by atoms with E-state index in [1.165, 1.54) is 23.1 Å². The molecule has 0 amide bonds. The SMILES string of the molecule is Cc1ccccc1CC1=CC(Cl)CC(C)(C)C1.